The van der Waals surface area contributed by atoms with E-state index >= 15 is 0 Å². The highest BCUT2D eigenvalue weighted by atomic mass is 16.2. The van der Waals surface area contributed by atoms with Crippen LogP contribution in [0.2, 0.25) is 0 Å². The number of hydrogen-bond acceptors (Lipinski definition) is 4. The zero-order valence-corrected chi connectivity index (χ0v) is 14.6. The molecule has 0 saturated carbocycles. The first-order valence-corrected chi connectivity index (χ1v) is 8.05. The molecule has 0 spiro atoms. The molecule has 1 aliphatic rings. The average Bonchev–Trinajstić information content (AvgIpc) is 2.57. The van der Waals surface area contributed by atoms with E-state index in [9.17, 15) is 19.2 Å². The maximum atomic E-state index is 12.3. The lowest BCUT2D eigenvalue weighted by molar-refractivity contribution is -0.128. The Labute approximate surface area is 146 Å². The molecule has 138 valence electrons. The van der Waals surface area contributed by atoms with Crippen LogP contribution < -0.4 is 26.6 Å². The zero-order chi connectivity index (χ0) is 18.8. The third kappa shape index (κ3) is 7.51. The van der Waals surface area contributed by atoms with Crippen LogP contribution >= 0.6 is 0 Å². The molecule has 0 fully saturated rings. The van der Waals surface area contributed by atoms with E-state index < -0.39 is 29.9 Å². The summed E-state index contributed by atoms with van der Waals surface area (Å²) in [7, 11) is 1.44. The Morgan fingerprint density at radius 3 is 2.68 bits per heavy atom. The summed E-state index contributed by atoms with van der Waals surface area (Å²) in [6.07, 6.45) is 6.70. The minimum absolute atomic E-state index is 0.228. The molecule has 1 heterocycles. The number of carbonyl (C=O) groups is 4. The molecular formula is C16H25N5O4. The van der Waals surface area contributed by atoms with Crippen molar-refractivity contribution in [1.82, 2.24) is 26.6 Å². The summed E-state index contributed by atoms with van der Waals surface area (Å²) < 4.78 is 0. The van der Waals surface area contributed by atoms with Crippen molar-refractivity contribution >= 4 is 23.8 Å². The predicted molar refractivity (Wildman–Crippen MR) is 92.5 cm³/mol. The maximum absolute atomic E-state index is 12.3. The fourth-order valence-electron chi connectivity index (χ4n) is 1.98. The fraction of sp³-hybridized carbons (Fsp3) is 0.500. The van der Waals surface area contributed by atoms with Crippen LogP contribution in [0.15, 0.2) is 24.3 Å². The summed E-state index contributed by atoms with van der Waals surface area (Å²) >= 11 is 0. The normalized spacial score (nSPS) is 25.1. The van der Waals surface area contributed by atoms with E-state index in [0.29, 0.717) is 13.0 Å². The molecule has 9 heteroatoms. The Balaban J connectivity index is 2.78. The van der Waals surface area contributed by atoms with Gasteiger partial charge in [-0.15, -0.1) is 0 Å². The van der Waals surface area contributed by atoms with E-state index in [0.717, 1.165) is 0 Å². The highest BCUT2D eigenvalue weighted by Crippen LogP contribution is 1.97. The highest BCUT2D eigenvalue weighted by Gasteiger charge is 2.23. The van der Waals surface area contributed by atoms with Gasteiger partial charge in [-0.2, -0.15) is 0 Å². The van der Waals surface area contributed by atoms with Crippen molar-refractivity contribution in [2.45, 2.75) is 38.4 Å². The van der Waals surface area contributed by atoms with Crippen molar-refractivity contribution in [3.05, 3.63) is 24.3 Å². The SMILES string of the molecule is CNC(=O)NC(C)C(=O)N[C@H]1/C=C/CCNC(=O)/C=C/[C@H](C)NC1=O. The fourth-order valence-corrected chi connectivity index (χ4v) is 1.98. The molecule has 25 heavy (non-hydrogen) atoms. The van der Waals surface area contributed by atoms with Gasteiger partial charge < -0.3 is 26.6 Å². The third-order valence-electron chi connectivity index (χ3n) is 3.39. The Morgan fingerprint density at radius 1 is 1.28 bits per heavy atom. The van der Waals surface area contributed by atoms with Gasteiger partial charge in [0.05, 0.1) is 0 Å². The monoisotopic (exact) mass is 351 g/mol. The van der Waals surface area contributed by atoms with Crippen LogP contribution in [0.3, 0.4) is 0 Å². The number of carbonyl (C=O) groups excluding carboxylic acids is 4. The summed E-state index contributed by atoms with van der Waals surface area (Å²) in [5.74, 6) is -1.12. The van der Waals surface area contributed by atoms with Gasteiger partial charge in [0, 0.05) is 25.7 Å². The van der Waals surface area contributed by atoms with Crippen molar-refractivity contribution in [3.8, 4) is 0 Å². The number of amides is 5. The van der Waals surface area contributed by atoms with Gasteiger partial charge >= 0.3 is 6.03 Å². The molecule has 1 aliphatic heterocycles. The van der Waals surface area contributed by atoms with E-state index in [1.54, 1.807) is 25.2 Å². The first-order valence-electron chi connectivity index (χ1n) is 8.05. The molecule has 5 amide bonds. The van der Waals surface area contributed by atoms with Crippen LogP contribution in [-0.2, 0) is 14.4 Å². The molecule has 0 aromatic carbocycles. The van der Waals surface area contributed by atoms with Gasteiger partial charge in [0.1, 0.15) is 12.1 Å². The first kappa shape index (κ1) is 20.2. The minimum Gasteiger partial charge on any atom is -0.352 e. The molecule has 9 nitrogen and oxygen atoms in total. The standard InChI is InChI=1S/C16H25N5O4/c1-10-7-8-13(22)18-9-5-4-6-12(15(24)19-10)21-14(23)11(2)20-16(25)17-3/h4,6-8,10-12H,5,9H2,1-3H3,(H,18,22)(H,19,24)(H,21,23)(H2,17,20,25)/b6-4+,8-7+/t10-,11?,12-/m0/s1. The van der Waals surface area contributed by atoms with Gasteiger partial charge in [0.25, 0.3) is 0 Å². The molecule has 0 radical (unpaired) electrons. The second-order valence-electron chi connectivity index (χ2n) is 5.60. The van der Waals surface area contributed by atoms with E-state index in [1.165, 1.54) is 20.0 Å². The van der Waals surface area contributed by atoms with Crippen LogP contribution in [0.4, 0.5) is 4.79 Å². The Hall–Kier alpha value is -2.84. The lowest BCUT2D eigenvalue weighted by Crippen LogP contribution is -2.54. The first-order chi connectivity index (χ1) is 11.8. The number of rotatable bonds is 3. The molecular weight excluding hydrogens is 326 g/mol. The summed E-state index contributed by atoms with van der Waals surface area (Å²) in [6, 6.07) is -2.56. The topological polar surface area (TPSA) is 128 Å². The minimum atomic E-state index is -0.882. The Bertz CT molecular complexity index is 573. The number of nitrogens with one attached hydrogen (secondary N) is 5. The second-order valence-corrected chi connectivity index (χ2v) is 5.60. The summed E-state index contributed by atoms with van der Waals surface area (Å²) in [5.41, 5.74) is 0. The third-order valence-corrected chi connectivity index (χ3v) is 3.39. The van der Waals surface area contributed by atoms with Crippen LogP contribution in [-0.4, -0.2) is 55.5 Å². The highest BCUT2D eigenvalue weighted by molar-refractivity contribution is 5.93. The molecule has 0 saturated heterocycles. The lowest BCUT2D eigenvalue weighted by atomic mass is 10.1. The van der Waals surface area contributed by atoms with Crippen molar-refractivity contribution in [3.63, 3.8) is 0 Å². The van der Waals surface area contributed by atoms with Gasteiger partial charge in [0.2, 0.25) is 17.7 Å². The Morgan fingerprint density at radius 2 is 2.00 bits per heavy atom. The van der Waals surface area contributed by atoms with Crippen molar-refractivity contribution in [2.75, 3.05) is 13.6 Å². The van der Waals surface area contributed by atoms with Gasteiger partial charge in [-0.1, -0.05) is 18.2 Å². The molecule has 0 aromatic rings. The number of urea groups is 1. The number of hydrogen-bond donors (Lipinski definition) is 5. The summed E-state index contributed by atoms with van der Waals surface area (Å²) in [4.78, 5) is 47.3. The molecule has 0 bridgehead atoms. The predicted octanol–water partition coefficient (Wildman–Crippen LogP) is -1.07. The van der Waals surface area contributed by atoms with E-state index in [2.05, 4.69) is 26.6 Å². The van der Waals surface area contributed by atoms with Crippen LogP contribution in [0, 0.1) is 0 Å². The van der Waals surface area contributed by atoms with E-state index in [-0.39, 0.29) is 11.9 Å². The van der Waals surface area contributed by atoms with Gasteiger partial charge in [-0.3, -0.25) is 14.4 Å². The molecule has 5 N–H and O–H groups in total. The van der Waals surface area contributed by atoms with Crippen molar-refractivity contribution in [1.29, 1.82) is 0 Å². The molecule has 0 aliphatic carbocycles. The molecule has 0 aromatic heterocycles. The van der Waals surface area contributed by atoms with Gasteiger partial charge in [-0.25, -0.2) is 4.79 Å². The zero-order valence-electron chi connectivity index (χ0n) is 14.6. The van der Waals surface area contributed by atoms with Crippen molar-refractivity contribution in [2.24, 2.45) is 0 Å². The van der Waals surface area contributed by atoms with Crippen LogP contribution in [0.25, 0.3) is 0 Å². The van der Waals surface area contributed by atoms with Crippen molar-refractivity contribution < 1.29 is 19.2 Å². The molecule has 3 atom stereocenters. The van der Waals surface area contributed by atoms with Gasteiger partial charge in [0.15, 0.2) is 0 Å². The average molecular weight is 351 g/mol. The van der Waals surface area contributed by atoms with E-state index in [1.807, 2.05) is 0 Å². The lowest BCUT2D eigenvalue weighted by Gasteiger charge is -2.20. The van der Waals surface area contributed by atoms with Crippen LogP contribution in [0.1, 0.15) is 20.3 Å². The quantitative estimate of drug-likeness (QED) is 0.415. The second kappa shape index (κ2) is 10.1. The molecule has 1 unspecified atom stereocenters. The maximum Gasteiger partial charge on any atom is 0.315 e. The summed E-state index contributed by atoms with van der Waals surface area (Å²) in [6.45, 7) is 3.65. The Kier molecular flexibility index (Phi) is 8.17. The smallest absolute Gasteiger partial charge is 0.315 e. The van der Waals surface area contributed by atoms with Gasteiger partial charge in [-0.05, 0) is 20.3 Å². The van der Waals surface area contributed by atoms with Crippen LogP contribution in [0.5, 0.6) is 0 Å². The molecule has 1 rings (SSSR count). The largest absolute Gasteiger partial charge is 0.352 e. The van der Waals surface area contributed by atoms with E-state index in [4.69, 9.17) is 0 Å². The summed E-state index contributed by atoms with van der Waals surface area (Å²) in [5, 5.41) is 12.8.